The number of halogens is 1. The number of fused-ring (bicyclic) bond motifs is 1. The predicted molar refractivity (Wildman–Crippen MR) is 116 cm³/mol. The van der Waals surface area contributed by atoms with E-state index in [2.05, 4.69) is 34.5 Å². The molecule has 3 aromatic rings. The average molecular weight is 413 g/mol. The van der Waals surface area contributed by atoms with Crippen LogP contribution in [0, 0.1) is 0 Å². The molecule has 5 nitrogen and oxygen atoms in total. The zero-order valence-electron chi connectivity index (χ0n) is 16.5. The Bertz CT molecular complexity index is 991. The SMILES string of the molecule is CCc1c(C(=O)NCCc2ccc(N3CCOCC3)cc2)oc2ccc(Cl)cc12. The highest BCUT2D eigenvalue weighted by atomic mass is 35.5. The molecule has 1 N–H and O–H groups in total. The molecular weight excluding hydrogens is 388 g/mol. The van der Waals surface area contributed by atoms with Crippen molar-refractivity contribution in [3.63, 3.8) is 0 Å². The third-order valence-corrected chi connectivity index (χ3v) is 5.56. The van der Waals surface area contributed by atoms with Crippen molar-refractivity contribution in [3.05, 3.63) is 64.4 Å². The minimum Gasteiger partial charge on any atom is -0.451 e. The second kappa shape index (κ2) is 8.89. The van der Waals surface area contributed by atoms with Crippen LogP contribution in [0.1, 0.15) is 28.6 Å². The van der Waals surface area contributed by atoms with Crippen LogP contribution in [0.4, 0.5) is 5.69 Å². The Morgan fingerprint density at radius 2 is 1.90 bits per heavy atom. The van der Waals surface area contributed by atoms with E-state index in [0.29, 0.717) is 29.3 Å². The summed E-state index contributed by atoms with van der Waals surface area (Å²) in [6, 6.07) is 14.0. The molecule has 0 aliphatic carbocycles. The van der Waals surface area contributed by atoms with Gasteiger partial charge in [-0.1, -0.05) is 30.7 Å². The average Bonchev–Trinajstić information content (AvgIpc) is 3.12. The van der Waals surface area contributed by atoms with E-state index in [4.69, 9.17) is 20.8 Å². The van der Waals surface area contributed by atoms with Gasteiger partial charge in [0, 0.05) is 41.3 Å². The molecule has 1 aliphatic rings. The quantitative estimate of drug-likeness (QED) is 0.649. The molecule has 0 atom stereocenters. The number of carbonyl (C=O) groups is 1. The van der Waals surface area contributed by atoms with Crippen molar-refractivity contribution in [2.45, 2.75) is 19.8 Å². The van der Waals surface area contributed by atoms with E-state index in [1.807, 2.05) is 19.1 Å². The van der Waals surface area contributed by atoms with Gasteiger partial charge in [0.15, 0.2) is 5.76 Å². The molecule has 0 bridgehead atoms. The molecule has 1 aliphatic heterocycles. The van der Waals surface area contributed by atoms with Crippen LogP contribution in [0.25, 0.3) is 11.0 Å². The van der Waals surface area contributed by atoms with E-state index in [1.54, 1.807) is 6.07 Å². The lowest BCUT2D eigenvalue weighted by Crippen LogP contribution is -2.36. The zero-order chi connectivity index (χ0) is 20.2. The van der Waals surface area contributed by atoms with Gasteiger partial charge < -0.3 is 19.4 Å². The maximum atomic E-state index is 12.7. The molecular formula is C23H25ClN2O3. The number of aryl methyl sites for hydroxylation is 1. The van der Waals surface area contributed by atoms with Crippen molar-refractivity contribution in [3.8, 4) is 0 Å². The number of anilines is 1. The Morgan fingerprint density at radius 1 is 1.14 bits per heavy atom. The number of benzene rings is 2. The first-order valence-electron chi connectivity index (χ1n) is 10.1. The number of ether oxygens (including phenoxy) is 1. The highest BCUT2D eigenvalue weighted by Gasteiger charge is 2.19. The third kappa shape index (κ3) is 4.41. The van der Waals surface area contributed by atoms with Gasteiger partial charge in [0.2, 0.25) is 0 Å². The second-order valence-corrected chi connectivity index (χ2v) is 7.61. The van der Waals surface area contributed by atoms with E-state index in [9.17, 15) is 4.79 Å². The minimum atomic E-state index is -0.181. The summed E-state index contributed by atoms with van der Waals surface area (Å²) in [7, 11) is 0. The van der Waals surface area contributed by atoms with Crippen molar-refractivity contribution in [2.75, 3.05) is 37.7 Å². The lowest BCUT2D eigenvalue weighted by molar-refractivity contribution is 0.0927. The van der Waals surface area contributed by atoms with Gasteiger partial charge in [-0.2, -0.15) is 0 Å². The van der Waals surface area contributed by atoms with Crippen LogP contribution in [0.2, 0.25) is 5.02 Å². The first-order valence-corrected chi connectivity index (χ1v) is 10.4. The summed E-state index contributed by atoms with van der Waals surface area (Å²) in [6.45, 7) is 5.98. The smallest absolute Gasteiger partial charge is 0.287 e. The molecule has 0 radical (unpaired) electrons. The second-order valence-electron chi connectivity index (χ2n) is 7.18. The number of hydrogen-bond donors (Lipinski definition) is 1. The van der Waals surface area contributed by atoms with Gasteiger partial charge in [-0.25, -0.2) is 0 Å². The molecule has 4 rings (SSSR count). The van der Waals surface area contributed by atoms with Crippen LogP contribution in [0.3, 0.4) is 0 Å². The maximum absolute atomic E-state index is 12.7. The highest BCUT2D eigenvalue weighted by molar-refractivity contribution is 6.31. The van der Waals surface area contributed by atoms with Crippen LogP contribution in [-0.2, 0) is 17.6 Å². The summed E-state index contributed by atoms with van der Waals surface area (Å²) in [5, 5.41) is 4.53. The largest absolute Gasteiger partial charge is 0.451 e. The number of morpholine rings is 1. The van der Waals surface area contributed by atoms with E-state index >= 15 is 0 Å². The standard InChI is InChI=1S/C23H25ClN2O3/c1-2-19-20-15-17(24)5-8-21(20)29-22(19)23(27)25-10-9-16-3-6-18(7-4-16)26-11-13-28-14-12-26/h3-8,15H,2,9-14H2,1H3,(H,25,27). The fraction of sp³-hybridized carbons (Fsp3) is 0.348. The molecule has 6 heteroatoms. The molecule has 2 heterocycles. The molecule has 1 saturated heterocycles. The Balaban J connectivity index is 1.37. The summed E-state index contributed by atoms with van der Waals surface area (Å²) in [4.78, 5) is 15.0. The van der Waals surface area contributed by atoms with Crippen molar-refractivity contribution < 1.29 is 13.9 Å². The molecule has 0 unspecified atom stereocenters. The van der Waals surface area contributed by atoms with Gasteiger partial charge in [-0.15, -0.1) is 0 Å². The summed E-state index contributed by atoms with van der Waals surface area (Å²) in [5.41, 5.74) is 3.99. The number of furan rings is 1. The van der Waals surface area contributed by atoms with Crippen molar-refractivity contribution in [1.82, 2.24) is 5.32 Å². The Kier molecular flexibility index (Phi) is 6.07. The lowest BCUT2D eigenvalue weighted by Gasteiger charge is -2.28. The van der Waals surface area contributed by atoms with Crippen LogP contribution in [0.15, 0.2) is 46.9 Å². The third-order valence-electron chi connectivity index (χ3n) is 5.32. The summed E-state index contributed by atoms with van der Waals surface area (Å²) in [6.07, 6.45) is 1.47. The molecule has 1 aromatic heterocycles. The van der Waals surface area contributed by atoms with Crippen LogP contribution < -0.4 is 10.2 Å². The lowest BCUT2D eigenvalue weighted by atomic mass is 10.1. The van der Waals surface area contributed by atoms with Crippen molar-refractivity contribution >= 4 is 34.2 Å². The summed E-state index contributed by atoms with van der Waals surface area (Å²) >= 11 is 6.10. The predicted octanol–water partition coefficient (Wildman–Crippen LogP) is 4.46. The van der Waals surface area contributed by atoms with E-state index < -0.39 is 0 Å². The number of nitrogens with zero attached hydrogens (tertiary/aromatic N) is 1. The zero-order valence-corrected chi connectivity index (χ0v) is 17.3. The molecule has 0 saturated carbocycles. The molecule has 152 valence electrons. The van der Waals surface area contributed by atoms with Crippen molar-refractivity contribution in [1.29, 1.82) is 0 Å². The van der Waals surface area contributed by atoms with E-state index in [0.717, 1.165) is 43.7 Å². The minimum absolute atomic E-state index is 0.181. The van der Waals surface area contributed by atoms with Gasteiger partial charge in [0.05, 0.1) is 13.2 Å². The van der Waals surface area contributed by atoms with Crippen LogP contribution in [0.5, 0.6) is 0 Å². The summed E-state index contributed by atoms with van der Waals surface area (Å²) in [5.74, 6) is 0.201. The topological polar surface area (TPSA) is 54.7 Å². The maximum Gasteiger partial charge on any atom is 0.287 e. The molecule has 1 fully saturated rings. The Labute approximate surface area is 175 Å². The van der Waals surface area contributed by atoms with Gasteiger partial charge in [-0.05, 0) is 48.7 Å². The van der Waals surface area contributed by atoms with Crippen molar-refractivity contribution in [2.24, 2.45) is 0 Å². The first-order chi connectivity index (χ1) is 14.2. The number of hydrogen-bond acceptors (Lipinski definition) is 4. The summed E-state index contributed by atoms with van der Waals surface area (Å²) < 4.78 is 11.2. The van der Waals surface area contributed by atoms with Crippen LogP contribution in [-0.4, -0.2) is 38.8 Å². The fourth-order valence-electron chi connectivity index (χ4n) is 3.75. The van der Waals surface area contributed by atoms with Crippen LogP contribution >= 0.6 is 11.6 Å². The fourth-order valence-corrected chi connectivity index (χ4v) is 3.92. The normalized spacial score (nSPS) is 14.3. The van der Waals surface area contributed by atoms with Gasteiger partial charge >= 0.3 is 0 Å². The number of nitrogens with one attached hydrogen (secondary N) is 1. The highest BCUT2D eigenvalue weighted by Crippen LogP contribution is 2.29. The molecule has 2 aromatic carbocycles. The van der Waals surface area contributed by atoms with Gasteiger partial charge in [0.25, 0.3) is 5.91 Å². The van der Waals surface area contributed by atoms with E-state index in [-0.39, 0.29) is 5.91 Å². The van der Waals surface area contributed by atoms with Gasteiger partial charge in [0.1, 0.15) is 5.58 Å². The molecule has 29 heavy (non-hydrogen) atoms. The van der Waals surface area contributed by atoms with E-state index in [1.165, 1.54) is 11.3 Å². The molecule has 0 spiro atoms. The first kappa shape index (κ1) is 19.8. The number of rotatable bonds is 6. The molecule has 1 amide bonds. The Morgan fingerprint density at radius 3 is 2.62 bits per heavy atom. The number of amides is 1. The number of carbonyl (C=O) groups excluding carboxylic acids is 1. The Hall–Kier alpha value is -2.50. The monoisotopic (exact) mass is 412 g/mol. The van der Waals surface area contributed by atoms with Gasteiger partial charge in [-0.3, -0.25) is 4.79 Å².